The van der Waals surface area contributed by atoms with Crippen LogP contribution in [0.3, 0.4) is 0 Å². The molecule has 0 bridgehead atoms. The smallest absolute Gasteiger partial charge is 0.135 e. The van der Waals surface area contributed by atoms with E-state index in [1.165, 1.54) is 0 Å². The number of hydrogen-bond acceptors (Lipinski definition) is 5. The number of aliphatic hydroxyl groups is 1. The van der Waals surface area contributed by atoms with Gasteiger partial charge in [0.1, 0.15) is 11.6 Å². The number of rotatable bonds is 3. The van der Waals surface area contributed by atoms with Gasteiger partial charge in [-0.15, -0.1) is 0 Å². The molecule has 1 fully saturated rings. The molecule has 1 aliphatic rings. The molecule has 2 unspecified atom stereocenters. The molecule has 0 saturated carbocycles. The molecule has 3 heterocycles. The lowest BCUT2D eigenvalue weighted by Crippen LogP contribution is -2.24. The summed E-state index contributed by atoms with van der Waals surface area (Å²) in [5.41, 5.74) is 4.13. The molecule has 0 amide bonds. The first kappa shape index (κ1) is 16.9. The van der Waals surface area contributed by atoms with E-state index in [9.17, 15) is 5.11 Å². The van der Waals surface area contributed by atoms with E-state index in [0.717, 1.165) is 52.5 Å². The normalized spacial score (nSPS) is 20.1. The number of pyridine rings is 1. The molecule has 1 N–H and O–H groups in total. The maximum atomic E-state index is 10.6. The zero-order chi connectivity index (χ0) is 18.3. The Bertz CT molecular complexity index is 956. The minimum atomic E-state index is -0.377. The molecule has 0 spiro atoms. The molecular weight excluding hydrogens is 324 g/mol. The van der Waals surface area contributed by atoms with Gasteiger partial charge in [0.15, 0.2) is 0 Å². The van der Waals surface area contributed by atoms with Crippen molar-refractivity contribution in [2.75, 3.05) is 18.0 Å². The Morgan fingerprint density at radius 1 is 1.00 bits per heavy atom. The maximum Gasteiger partial charge on any atom is 0.135 e. The van der Waals surface area contributed by atoms with E-state index in [1.54, 1.807) is 0 Å². The van der Waals surface area contributed by atoms with Crippen molar-refractivity contribution >= 4 is 16.7 Å². The molecule has 5 nitrogen and oxygen atoms in total. The second-order valence-corrected chi connectivity index (χ2v) is 7.24. The molecule has 3 aromatic rings. The van der Waals surface area contributed by atoms with Gasteiger partial charge < -0.3 is 10.0 Å². The van der Waals surface area contributed by atoms with Crippen LogP contribution >= 0.6 is 0 Å². The van der Waals surface area contributed by atoms with E-state index < -0.39 is 0 Å². The number of aliphatic hydroxyl groups excluding tert-OH is 1. The predicted molar refractivity (Wildman–Crippen MR) is 103 cm³/mol. The number of aryl methyl sites for hydroxylation is 2. The van der Waals surface area contributed by atoms with Crippen LogP contribution in [0.2, 0.25) is 0 Å². The highest BCUT2D eigenvalue weighted by Crippen LogP contribution is 2.28. The summed E-state index contributed by atoms with van der Waals surface area (Å²) < 4.78 is 0. The Morgan fingerprint density at radius 2 is 1.81 bits per heavy atom. The lowest BCUT2D eigenvalue weighted by molar-refractivity contribution is 0.148. The zero-order valence-electron chi connectivity index (χ0n) is 15.5. The maximum absolute atomic E-state index is 10.6. The van der Waals surface area contributed by atoms with Gasteiger partial charge in [0, 0.05) is 41.3 Å². The van der Waals surface area contributed by atoms with Crippen molar-refractivity contribution in [1.29, 1.82) is 0 Å². The number of hydrogen-bond donors (Lipinski definition) is 1. The highest BCUT2D eigenvalue weighted by Gasteiger charge is 2.33. The monoisotopic (exact) mass is 348 g/mol. The first-order chi connectivity index (χ1) is 12.5. The third kappa shape index (κ3) is 3.15. The van der Waals surface area contributed by atoms with Crippen LogP contribution in [0.15, 0.2) is 36.4 Å². The number of β-amino-alcohol motifs (C(OH)–C–C–N with tert-alkyl or cyclic N) is 1. The summed E-state index contributed by atoms with van der Waals surface area (Å²) in [5.74, 6) is 1.87. The van der Waals surface area contributed by atoms with Crippen molar-refractivity contribution in [1.82, 2.24) is 15.0 Å². The number of nitrogens with zero attached hydrogens (tertiary/aromatic N) is 4. The third-order valence-electron chi connectivity index (χ3n) is 5.31. The quantitative estimate of drug-likeness (QED) is 0.788. The molecule has 2 aromatic heterocycles. The Morgan fingerprint density at radius 3 is 2.65 bits per heavy atom. The van der Waals surface area contributed by atoms with Crippen molar-refractivity contribution in [3.05, 3.63) is 59.2 Å². The topological polar surface area (TPSA) is 62.1 Å². The first-order valence-corrected chi connectivity index (χ1v) is 9.11. The fraction of sp³-hybridized carbons (Fsp3) is 0.381. The summed E-state index contributed by atoms with van der Waals surface area (Å²) >= 11 is 0. The number of anilines is 1. The third-order valence-corrected chi connectivity index (χ3v) is 5.31. The number of benzene rings is 1. The van der Waals surface area contributed by atoms with Gasteiger partial charge in [0.2, 0.25) is 0 Å². The fourth-order valence-electron chi connectivity index (χ4n) is 3.78. The van der Waals surface area contributed by atoms with Crippen molar-refractivity contribution in [3.63, 3.8) is 0 Å². The van der Waals surface area contributed by atoms with E-state index in [1.807, 2.05) is 32.0 Å². The Hall–Kier alpha value is -2.53. The van der Waals surface area contributed by atoms with E-state index in [-0.39, 0.29) is 12.0 Å². The van der Waals surface area contributed by atoms with Crippen LogP contribution in [0.1, 0.15) is 22.8 Å². The molecule has 1 aromatic carbocycles. The minimum absolute atomic E-state index is 0.152. The second kappa shape index (κ2) is 6.65. The summed E-state index contributed by atoms with van der Waals surface area (Å²) in [7, 11) is 0. The first-order valence-electron chi connectivity index (χ1n) is 9.11. The molecule has 0 aliphatic carbocycles. The number of para-hydroxylation sites is 1. The summed E-state index contributed by atoms with van der Waals surface area (Å²) in [6.45, 7) is 7.37. The van der Waals surface area contributed by atoms with Crippen molar-refractivity contribution in [3.8, 4) is 0 Å². The van der Waals surface area contributed by atoms with Gasteiger partial charge in [-0.3, -0.25) is 4.98 Å². The van der Waals surface area contributed by atoms with Gasteiger partial charge in [-0.05, 0) is 39.3 Å². The van der Waals surface area contributed by atoms with Gasteiger partial charge in [0.25, 0.3) is 0 Å². The SMILES string of the molecule is Cc1nc(C)c(C)c(N2CC(O)C(Cc3ccc4ccccc4n3)C2)n1. The fourth-order valence-corrected chi connectivity index (χ4v) is 3.78. The molecule has 2 atom stereocenters. The lowest BCUT2D eigenvalue weighted by Gasteiger charge is -2.20. The summed E-state index contributed by atoms with van der Waals surface area (Å²) in [6, 6.07) is 12.3. The van der Waals surface area contributed by atoms with Crippen molar-refractivity contribution in [2.24, 2.45) is 5.92 Å². The van der Waals surface area contributed by atoms with Gasteiger partial charge >= 0.3 is 0 Å². The van der Waals surface area contributed by atoms with Gasteiger partial charge in [-0.25, -0.2) is 9.97 Å². The van der Waals surface area contributed by atoms with Crippen molar-refractivity contribution in [2.45, 2.75) is 33.3 Å². The molecule has 1 saturated heterocycles. The lowest BCUT2D eigenvalue weighted by atomic mass is 9.99. The van der Waals surface area contributed by atoms with Crippen LogP contribution in [0.5, 0.6) is 0 Å². The van der Waals surface area contributed by atoms with Crippen LogP contribution in [0, 0.1) is 26.7 Å². The summed E-state index contributed by atoms with van der Waals surface area (Å²) in [4.78, 5) is 16.0. The molecule has 134 valence electrons. The van der Waals surface area contributed by atoms with Crippen molar-refractivity contribution < 1.29 is 5.11 Å². The highest BCUT2D eigenvalue weighted by molar-refractivity contribution is 5.78. The Balaban J connectivity index is 1.55. The van der Waals surface area contributed by atoms with Crippen LogP contribution in [0.25, 0.3) is 10.9 Å². The van der Waals surface area contributed by atoms with Crippen LogP contribution in [-0.2, 0) is 6.42 Å². The standard InChI is InChI=1S/C21H24N4O/c1-13-14(2)22-15(3)23-21(13)25-11-17(20(26)12-25)10-18-9-8-16-6-4-5-7-19(16)24-18/h4-9,17,20,26H,10-12H2,1-3H3. The molecular formula is C21H24N4O. The average Bonchev–Trinajstić information content (AvgIpc) is 2.98. The molecule has 5 heteroatoms. The van der Waals surface area contributed by atoms with Gasteiger partial charge in [-0.1, -0.05) is 24.3 Å². The zero-order valence-corrected chi connectivity index (χ0v) is 15.5. The average molecular weight is 348 g/mol. The number of aromatic nitrogens is 3. The minimum Gasteiger partial charge on any atom is -0.391 e. The number of fused-ring (bicyclic) bond motifs is 1. The summed E-state index contributed by atoms with van der Waals surface area (Å²) in [5, 5.41) is 11.8. The second-order valence-electron chi connectivity index (χ2n) is 7.24. The Kier molecular flexibility index (Phi) is 4.32. The van der Waals surface area contributed by atoms with Crippen LogP contribution in [0.4, 0.5) is 5.82 Å². The van der Waals surface area contributed by atoms with E-state index in [0.29, 0.717) is 6.54 Å². The van der Waals surface area contributed by atoms with E-state index in [2.05, 4.69) is 40.0 Å². The van der Waals surface area contributed by atoms with E-state index >= 15 is 0 Å². The highest BCUT2D eigenvalue weighted by atomic mass is 16.3. The van der Waals surface area contributed by atoms with Gasteiger partial charge in [0.05, 0.1) is 11.6 Å². The summed E-state index contributed by atoms with van der Waals surface area (Å²) in [6.07, 6.45) is 0.392. The predicted octanol–water partition coefficient (Wildman–Crippen LogP) is 2.99. The molecule has 0 radical (unpaired) electrons. The molecule has 26 heavy (non-hydrogen) atoms. The Labute approximate surface area is 153 Å². The molecule has 4 rings (SSSR count). The van der Waals surface area contributed by atoms with Crippen LogP contribution < -0.4 is 4.90 Å². The molecule has 1 aliphatic heterocycles. The van der Waals surface area contributed by atoms with Crippen LogP contribution in [-0.4, -0.2) is 39.3 Å². The largest absolute Gasteiger partial charge is 0.391 e. The van der Waals surface area contributed by atoms with Gasteiger partial charge in [-0.2, -0.15) is 0 Å². The van der Waals surface area contributed by atoms with E-state index in [4.69, 9.17) is 4.98 Å².